The van der Waals surface area contributed by atoms with E-state index in [1.165, 1.54) is 0 Å². The van der Waals surface area contributed by atoms with E-state index >= 15 is 0 Å². The summed E-state index contributed by atoms with van der Waals surface area (Å²) in [5, 5.41) is 3.28. The highest BCUT2D eigenvalue weighted by atomic mass is 15.0. The first kappa shape index (κ1) is 6.09. The van der Waals surface area contributed by atoms with Gasteiger partial charge in [-0.25, -0.2) is 0 Å². The second kappa shape index (κ2) is 1.47. The van der Waals surface area contributed by atoms with Crippen molar-refractivity contribution in [2.75, 3.05) is 7.05 Å². The number of hydrogen-bond acceptors (Lipinski definition) is 1. The summed E-state index contributed by atoms with van der Waals surface area (Å²) in [5.41, 5.74) is 0.564. The van der Waals surface area contributed by atoms with Crippen LogP contribution in [0, 0.1) is 11.3 Å². The molecule has 0 bridgehead atoms. The van der Waals surface area contributed by atoms with Gasteiger partial charge in [0.1, 0.15) is 0 Å². The molecule has 48 valence electrons. The molecule has 1 N–H and O–H groups in total. The molecule has 1 rings (SSSR count). The van der Waals surface area contributed by atoms with Gasteiger partial charge in [-0.2, -0.15) is 0 Å². The zero-order chi connectivity index (χ0) is 6.36. The maximum atomic E-state index is 3.28. The Bertz CT molecular complexity index is 96.6. The van der Waals surface area contributed by atoms with Gasteiger partial charge in [0.25, 0.3) is 0 Å². The molecule has 1 aliphatic carbocycles. The van der Waals surface area contributed by atoms with E-state index in [-0.39, 0.29) is 0 Å². The van der Waals surface area contributed by atoms with Crippen molar-refractivity contribution in [2.45, 2.75) is 26.8 Å². The summed E-state index contributed by atoms with van der Waals surface area (Å²) in [5.74, 6) is 0.868. The third-order valence-corrected chi connectivity index (χ3v) is 2.68. The van der Waals surface area contributed by atoms with E-state index in [0.717, 1.165) is 12.0 Å². The molecule has 2 atom stereocenters. The summed E-state index contributed by atoms with van der Waals surface area (Å²) in [7, 11) is 2.04. The highest BCUT2D eigenvalue weighted by molar-refractivity contribution is 5.07. The second-order valence-electron chi connectivity index (χ2n) is 3.38. The van der Waals surface area contributed by atoms with Gasteiger partial charge < -0.3 is 5.32 Å². The van der Waals surface area contributed by atoms with Crippen LogP contribution in [0.5, 0.6) is 0 Å². The van der Waals surface area contributed by atoms with E-state index in [9.17, 15) is 0 Å². The van der Waals surface area contributed by atoms with Gasteiger partial charge in [-0.1, -0.05) is 20.8 Å². The van der Waals surface area contributed by atoms with Crippen LogP contribution in [0.3, 0.4) is 0 Å². The average Bonchev–Trinajstić information content (AvgIpc) is 2.09. The largest absolute Gasteiger partial charge is 0.316 e. The van der Waals surface area contributed by atoms with Crippen LogP contribution in [-0.4, -0.2) is 13.1 Å². The van der Waals surface area contributed by atoms with Gasteiger partial charge in [-0.05, 0) is 18.4 Å². The van der Waals surface area contributed by atoms with E-state index in [1.807, 2.05) is 7.05 Å². The van der Waals surface area contributed by atoms with E-state index < -0.39 is 0 Å². The minimum atomic E-state index is 0.564. The zero-order valence-electron chi connectivity index (χ0n) is 6.15. The van der Waals surface area contributed by atoms with Crippen LogP contribution in [0.2, 0.25) is 0 Å². The first-order chi connectivity index (χ1) is 3.60. The van der Waals surface area contributed by atoms with Crippen molar-refractivity contribution in [2.24, 2.45) is 11.3 Å². The predicted molar refractivity (Wildman–Crippen MR) is 35.8 cm³/mol. The summed E-state index contributed by atoms with van der Waals surface area (Å²) in [6.07, 6.45) is 0. The van der Waals surface area contributed by atoms with Crippen molar-refractivity contribution in [3.8, 4) is 0 Å². The van der Waals surface area contributed by atoms with Crippen molar-refractivity contribution in [1.29, 1.82) is 0 Å². The molecule has 0 amide bonds. The third kappa shape index (κ3) is 0.576. The molecule has 1 nitrogen and oxygen atoms in total. The van der Waals surface area contributed by atoms with Crippen LogP contribution < -0.4 is 5.32 Å². The van der Waals surface area contributed by atoms with Gasteiger partial charge in [0.2, 0.25) is 0 Å². The van der Waals surface area contributed by atoms with Crippen molar-refractivity contribution in [1.82, 2.24) is 5.32 Å². The molecule has 0 spiro atoms. The maximum Gasteiger partial charge on any atom is 0.0150 e. The average molecular weight is 113 g/mol. The maximum absolute atomic E-state index is 3.28. The molecular formula is C7H15N. The Morgan fingerprint density at radius 2 is 1.75 bits per heavy atom. The highest BCUT2D eigenvalue weighted by Gasteiger charge is 2.53. The molecule has 1 aliphatic rings. The van der Waals surface area contributed by atoms with Crippen molar-refractivity contribution < 1.29 is 0 Å². The van der Waals surface area contributed by atoms with Gasteiger partial charge in [0.05, 0.1) is 0 Å². The number of hydrogen-bond donors (Lipinski definition) is 1. The fourth-order valence-electron chi connectivity index (χ4n) is 1.52. The Hall–Kier alpha value is -0.0400. The molecule has 1 heteroatoms. The Balaban J connectivity index is 2.45. The third-order valence-electron chi connectivity index (χ3n) is 2.68. The van der Waals surface area contributed by atoms with E-state index in [4.69, 9.17) is 0 Å². The Morgan fingerprint density at radius 3 is 1.75 bits per heavy atom. The molecule has 0 aliphatic heterocycles. The summed E-state index contributed by atoms with van der Waals surface area (Å²) < 4.78 is 0. The second-order valence-corrected chi connectivity index (χ2v) is 3.38. The summed E-state index contributed by atoms with van der Waals surface area (Å²) in [4.78, 5) is 0. The molecule has 0 saturated heterocycles. The smallest absolute Gasteiger partial charge is 0.0150 e. The van der Waals surface area contributed by atoms with Gasteiger partial charge >= 0.3 is 0 Å². The molecule has 0 radical (unpaired) electrons. The lowest BCUT2D eigenvalue weighted by Gasteiger charge is -1.97. The summed E-state index contributed by atoms with van der Waals surface area (Å²) in [6, 6.07) is 0.766. The predicted octanol–water partition coefficient (Wildman–Crippen LogP) is 1.25. The molecule has 0 heterocycles. The first-order valence-electron chi connectivity index (χ1n) is 3.28. The number of rotatable bonds is 1. The van der Waals surface area contributed by atoms with Crippen molar-refractivity contribution in [3.05, 3.63) is 0 Å². The quantitative estimate of drug-likeness (QED) is 0.539. The molecule has 0 aromatic heterocycles. The molecule has 1 fully saturated rings. The van der Waals surface area contributed by atoms with E-state index in [0.29, 0.717) is 5.41 Å². The molecule has 0 aromatic rings. The SMILES string of the molecule is CNC1C(C)C1(C)C. The zero-order valence-corrected chi connectivity index (χ0v) is 6.15. The lowest BCUT2D eigenvalue weighted by atomic mass is 10.1. The number of nitrogens with one attached hydrogen (secondary N) is 1. The lowest BCUT2D eigenvalue weighted by Crippen LogP contribution is -2.14. The Labute approximate surface area is 51.5 Å². The first-order valence-corrected chi connectivity index (χ1v) is 3.28. The Morgan fingerprint density at radius 1 is 1.38 bits per heavy atom. The van der Waals surface area contributed by atoms with Crippen molar-refractivity contribution in [3.63, 3.8) is 0 Å². The molecule has 1 saturated carbocycles. The standard InChI is InChI=1S/C7H15N/c1-5-6(8-4)7(5,2)3/h5-6,8H,1-4H3. The van der Waals surface area contributed by atoms with Gasteiger partial charge in [-0.15, -0.1) is 0 Å². The van der Waals surface area contributed by atoms with E-state index in [1.54, 1.807) is 0 Å². The van der Waals surface area contributed by atoms with Gasteiger partial charge in [-0.3, -0.25) is 0 Å². The lowest BCUT2D eigenvalue weighted by molar-refractivity contribution is 0.554. The van der Waals surface area contributed by atoms with Gasteiger partial charge in [0, 0.05) is 6.04 Å². The molecule has 2 unspecified atom stereocenters. The molecular weight excluding hydrogens is 98.1 g/mol. The molecule has 8 heavy (non-hydrogen) atoms. The minimum absolute atomic E-state index is 0.564. The monoisotopic (exact) mass is 113 g/mol. The minimum Gasteiger partial charge on any atom is -0.316 e. The molecule has 0 aromatic carbocycles. The fraction of sp³-hybridized carbons (Fsp3) is 1.00. The van der Waals surface area contributed by atoms with Crippen LogP contribution in [-0.2, 0) is 0 Å². The normalized spacial score (nSPS) is 42.0. The van der Waals surface area contributed by atoms with Crippen LogP contribution in [0.25, 0.3) is 0 Å². The topological polar surface area (TPSA) is 12.0 Å². The van der Waals surface area contributed by atoms with Gasteiger partial charge in [0.15, 0.2) is 0 Å². The van der Waals surface area contributed by atoms with E-state index in [2.05, 4.69) is 26.1 Å². The highest BCUT2D eigenvalue weighted by Crippen LogP contribution is 2.50. The fourth-order valence-corrected chi connectivity index (χ4v) is 1.52. The summed E-state index contributed by atoms with van der Waals surface area (Å²) in [6.45, 7) is 6.90. The van der Waals surface area contributed by atoms with Crippen molar-refractivity contribution >= 4 is 0 Å². The van der Waals surface area contributed by atoms with Crippen LogP contribution in [0.1, 0.15) is 20.8 Å². The Kier molecular flexibility index (Phi) is 1.12. The van der Waals surface area contributed by atoms with Crippen LogP contribution in [0.15, 0.2) is 0 Å². The summed E-state index contributed by atoms with van der Waals surface area (Å²) >= 11 is 0. The van der Waals surface area contributed by atoms with Crippen LogP contribution >= 0.6 is 0 Å². The van der Waals surface area contributed by atoms with Crippen LogP contribution in [0.4, 0.5) is 0 Å².